The number of carbonyl (C=O) groups excluding carboxylic acids is 2. The molecule has 0 bridgehead atoms. The summed E-state index contributed by atoms with van der Waals surface area (Å²) >= 11 is 6.94. The molecule has 0 fully saturated rings. The smallest absolute Gasteiger partial charge is 0.255 e. The summed E-state index contributed by atoms with van der Waals surface area (Å²) in [6.45, 7) is 8.09. The number of halogens is 2. The minimum absolute atomic E-state index is 0.00293. The van der Waals surface area contributed by atoms with Gasteiger partial charge in [0.05, 0.1) is 17.1 Å². The van der Waals surface area contributed by atoms with Gasteiger partial charge >= 0.3 is 0 Å². The maximum absolute atomic E-state index is 13.3. The van der Waals surface area contributed by atoms with Crippen molar-refractivity contribution in [3.05, 3.63) is 86.3 Å². The first-order chi connectivity index (χ1) is 16.8. The van der Waals surface area contributed by atoms with E-state index in [1.54, 1.807) is 19.1 Å². The molecule has 36 heavy (non-hydrogen) atoms. The molecule has 0 saturated heterocycles. The molecule has 0 radical (unpaired) electrons. The third kappa shape index (κ3) is 4.83. The van der Waals surface area contributed by atoms with Gasteiger partial charge in [-0.15, -0.1) is 0 Å². The maximum atomic E-state index is 13.3. The SMILES string of the molecule is CC(=O)N1c2cc(N(C)C)c(NC(=O)c3cc(Br)cc(Br)c3)cc2C(C)(c2ccccc2)CC1(C)C. The van der Waals surface area contributed by atoms with Crippen LogP contribution >= 0.6 is 31.9 Å². The second-order valence-electron chi connectivity index (χ2n) is 10.4. The lowest BCUT2D eigenvalue weighted by Gasteiger charge is -2.51. The predicted octanol–water partition coefficient (Wildman–Crippen LogP) is 7.37. The van der Waals surface area contributed by atoms with Crippen LogP contribution in [0.5, 0.6) is 0 Å². The summed E-state index contributed by atoms with van der Waals surface area (Å²) in [5.74, 6) is -0.210. The summed E-state index contributed by atoms with van der Waals surface area (Å²) in [4.78, 5) is 30.1. The number of carbonyl (C=O) groups is 2. The number of hydrogen-bond acceptors (Lipinski definition) is 3. The normalized spacial score (nSPS) is 18.4. The molecular weight excluding hydrogens is 582 g/mol. The summed E-state index contributed by atoms with van der Waals surface area (Å²) in [7, 11) is 3.88. The van der Waals surface area contributed by atoms with Crippen molar-refractivity contribution in [2.24, 2.45) is 0 Å². The highest BCUT2D eigenvalue weighted by Crippen LogP contribution is 2.52. The number of anilines is 3. The molecule has 4 rings (SSSR count). The fourth-order valence-electron chi connectivity index (χ4n) is 5.58. The Bertz CT molecular complexity index is 1320. The molecule has 5 nitrogen and oxygen atoms in total. The highest BCUT2D eigenvalue weighted by atomic mass is 79.9. The summed E-state index contributed by atoms with van der Waals surface area (Å²) in [5, 5.41) is 3.14. The zero-order chi connectivity index (χ0) is 26.4. The number of rotatable bonds is 4. The van der Waals surface area contributed by atoms with Crippen LogP contribution in [0.15, 0.2) is 69.6 Å². The summed E-state index contributed by atoms with van der Waals surface area (Å²) in [5.41, 5.74) is 4.36. The fourth-order valence-corrected chi connectivity index (χ4v) is 6.87. The van der Waals surface area contributed by atoms with Gasteiger partial charge in [-0.1, -0.05) is 69.1 Å². The molecule has 1 aliphatic rings. The van der Waals surface area contributed by atoms with E-state index in [-0.39, 0.29) is 17.2 Å². The summed E-state index contributed by atoms with van der Waals surface area (Å²) in [6, 6.07) is 20.0. The second-order valence-corrected chi connectivity index (χ2v) is 12.3. The van der Waals surface area contributed by atoms with Crippen molar-refractivity contribution in [2.75, 3.05) is 29.2 Å². The van der Waals surface area contributed by atoms with Gasteiger partial charge in [-0.3, -0.25) is 9.59 Å². The van der Waals surface area contributed by atoms with E-state index in [2.05, 4.69) is 70.1 Å². The Morgan fingerprint density at radius 2 is 1.56 bits per heavy atom. The Hall–Kier alpha value is -2.64. The lowest BCUT2D eigenvalue weighted by atomic mass is 9.65. The van der Waals surface area contributed by atoms with Gasteiger partial charge in [0.2, 0.25) is 5.91 Å². The molecule has 2 amide bonds. The van der Waals surface area contributed by atoms with E-state index in [1.165, 1.54) is 5.56 Å². The highest BCUT2D eigenvalue weighted by molar-refractivity contribution is 9.11. The first-order valence-electron chi connectivity index (χ1n) is 11.8. The van der Waals surface area contributed by atoms with E-state index in [0.717, 1.165) is 32.3 Å². The number of nitrogens with zero attached hydrogens (tertiary/aromatic N) is 2. The van der Waals surface area contributed by atoms with Crippen molar-refractivity contribution in [2.45, 2.75) is 45.1 Å². The van der Waals surface area contributed by atoms with Crippen LogP contribution in [0.1, 0.15) is 55.6 Å². The van der Waals surface area contributed by atoms with Crippen molar-refractivity contribution < 1.29 is 9.59 Å². The standard InChI is InChI=1S/C29H31Br2N3O2/c1-18(35)34-25-16-26(33(5)6)24(32-27(36)19-12-21(30)14-22(31)13-19)15-23(25)29(4,17-28(34,2)3)20-10-8-7-9-11-20/h7-16H,17H2,1-6H3,(H,32,36). The molecule has 0 saturated carbocycles. The zero-order valence-electron chi connectivity index (χ0n) is 21.4. The van der Waals surface area contributed by atoms with Crippen LogP contribution in [0.4, 0.5) is 17.1 Å². The van der Waals surface area contributed by atoms with Gasteiger partial charge in [-0.2, -0.15) is 0 Å². The van der Waals surface area contributed by atoms with E-state index >= 15 is 0 Å². The largest absolute Gasteiger partial charge is 0.376 e. The van der Waals surface area contributed by atoms with Crippen LogP contribution in [0.3, 0.4) is 0 Å². The average molecular weight is 613 g/mol. The van der Waals surface area contributed by atoms with Gasteiger partial charge < -0.3 is 15.1 Å². The maximum Gasteiger partial charge on any atom is 0.255 e. The van der Waals surface area contributed by atoms with Crippen LogP contribution in [-0.4, -0.2) is 31.4 Å². The molecule has 1 heterocycles. The topological polar surface area (TPSA) is 52.7 Å². The Balaban J connectivity index is 1.93. The van der Waals surface area contributed by atoms with E-state index in [4.69, 9.17) is 0 Å². The molecule has 7 heteroatoms. The van der Waals surface area contributed by atoms with Gasteiger partial charge in [-0.05, 0) is 61.7 Å². The van der Waals surface area contributed by atoms with Crippen LogP contribution in [0.2, 0.25) is 0 Å². The molecule has 0 aliphatic carbocycles. The first kappa shape index (κ1) is 26.4. The third-order valence-corrected chi connectivity index (χ3v) is 7.84. The van der Waals surface area contributed by atoms with Crippen molar-refractivity contribution in [1.82, 2.24) is 0 Å². The van der Waals surface area contributed by atoms with Gasteiger partial charge in [0.25, 0.3) is 5.91 Å². The van der Waals surface area contributed by atoms with Crippen molar-refractivity contribution in [3.63, 3.8) is 0 Å². The third-order valence-electron chi connectivity index (χ3n) is 6.92. The number of nitrogens with one attached hydrogen (secondary N) is 1. The van der Waals surface area contributed by atoms with E-state index in [9.17, 15) is 9.59 Å². The van der Waals surface area contributed by atoms with Crippen LogP contribution in [0, 0.1) is 0 Å². The number of fused-ring (bicyclic) bond motifs is 1. The molecule has 3 aromatic carbocycles. The molecule has 1 atom stereocenters. The van der Waals surface area contributed by atoms with Crippen LogP contribution < -0.4 is 15.1 Å². The predicted molar refractivity (Wildman–Crippen MR) is 155 cm³/mol. The number of hydrogen-bond donors (Lipinski definition) is 1. The van der Waals surface area contributed by atoms with Gasteiger partial charge in [-0.25, -0.2) is 0 Å². The molecule has 1 aliphatic heterocycles. The average Bonchev–Trinajstić information content (AvgIpc) is 2.78. The summed E-state index contributed by atoms with van der Waals surface area (Å²) < 4.78 is 1.63. The van der Waals surface area contributed by atoms with Crippen LogP contribution in [0.25, 0.3) is 0 Å². The Kier molecular flexibility index (Phi) is 7.10. The molecule has 3 aromatic rings. The second kappa shape index (κ2) is 9.67. The molecule has 1 unspecified atom stereocenters. The quantitative estimate of drug-likeness (QED) is 0.335. The van der Waals surface area contributed by atoms with Gasteiger partial charge in [0.1, 0.15) is 0 Å². The first-order valence-corrected chi connectivity index (χ1v) is 13.4. The number of amides is 2. The minimum Gasteiger partial charge on any atom is -0.376 e. The molecule has 1 N–H and O–H groups in total. The monoisotopic (exact) mass is 611 g/mol. The lowest BCUT2D eigenvalue weighted by molar-refractivity contribution is -0.117. The van der Waals surface area contributed by atoms with Crippen LogP contribution in [-0.2, 0) is 10.2 Å². The van der Waals surface area contributed by atoms with Crippen molar-refractivity contribution in [3.8, 4) is 0 Å². The fraction of sp³-hybridized carbons (Fsp3) is 0.310. The highest BCUT2D eigenvalue weighted by Gasteiger charge is 2.47. The zero-order valence-corrected chi connectivity index (χ0v) is 24.6. The summed E-state index contributed by atoms with van der Waals surface area (Å²) in [6.07, 6.45) is 0.740. The van der Waals surface area contributed by atoms with E-state index in [1.807, 2.05) is 60.3 Å². The molecular formula is C29H31Br2N3O2. The lowest BCUT2D eigenvalue weighted by Crippen LogP contribution is -2.55. The van der Waals surface area contributed by atoms with Gasteiger partial charge in [0.15, 0.2) is 0 Å². The molecule has 0 aromatic heterocycles. The van der Waals surface area contributed by atoms with E-state index in [0.29, 0.717) is 11.3 Å². The van der Waals surface area contributed by atoms with Crippen molar-refractivity contribution >= 4 is 60.7 Å². The Morgan fingerprint density at radius 1 is 0.944 bits per heavy atom. The van der Waals surface area contributed by atoms with Gasteiger partial charge in [0, 0.05) is 46.5 Å². The minimum atomic E-state index is -0.402. The Morgan fingerprint density at radius 3 is 2.11 bits per heavy atom. The Labute approximate surface area is 230 Å². The van der Waals surface area contributed by atoms with Crippen molar-refractivity contribution in [1.29, 1.82) is 0 Å². The number of benzene rings is 3. The molecule has 0 spiro atoms. The van der Waals surface area contributed by atoms with E-state index < -0.39 is 5.54 Å². The molecule has 188 valence electrons.